The van der Waals surface area contributed by atoms with Gasteiger partial charge in [0.05, 0.1) is 22.1 Å². The number of benzene rings is 9. The average Bonchev–Trinajstić information content (AvgIpc) is 4.02. The first-order valence-electron chi connectivity index (χ1n) is 21.2. The van der Waals surface area contributed by atoms with E-state index in [1.54, 1.807) is 0 Å². The van der Waals surface area contributed by atoms with E-state index < -0.39 is 0 Å². The average molecular weight is 806 g/mol. The second-order valence-electron chi connectivity index (χ2n) is 16.0. The summed E-state index contributed by atoms with van der Waals surface area (Å²) in [4.78, 5) is 15.9. The quantitative estimate of drug-likeness (QED) is 0.168. The smallest absolute Gasteiger partial charge is 0.238 e. The predicted molar refractivity (Wildman–Crippen MR) is 258 cm³/mol. The number of hydrogen-bond acceptors (Lipinski definition) is 4. The van der Waals surface area contributed by atoms with Crippen LogP contribution in [0.25, 0.3) is 122 Å². The first kappa shape index (κ1) is 35.2. The van der Waals surface area contributed by atoms with Gasteiger partial charge in [0.1, 0.15) is 11.2 Å². The highest BCUT2D eigenvalue weighted by Crippen LogP contribution is 2.43. The zero-order valence-corrected chi connectivity index (χ0v) is 33.9. The van der Waals surface area contributed by atoms with E-state index in [0.29, 0.717) is 17.6 Å². The van der Waals surface area contributed by atoms with E-state index in [9.17, 15) is 0 Å². The Morgan fingerprint density at radius 1 is 0.333 bits per heavy atom. The fourth-order valence-electron chi connectivity index (χ4n) is 9.52. The van der Waals surface area contributed by atoms with E-state index in [-0.39, 0.29) is 0 Å². The summed E-state index contributed by atoms with van der Waals surface area (Å²) in [5, 5.41) is 6.66. The Balaban J connectivity index is 1.09. The minimum Gasteiger partial charge on any atom is -0.455 e. The van der Waals surface area contributed by atoms with Gasteiger partial charge in [0.15, 0.2) is 11.6 Å². The molecule has 294 valence electrons. The minimum atomic E-state index is 0.531. The summed E-state index contributed by atoms with van der Waals surface area (Å²) < 4.78 is 11.4. The van der Waals surface area contributed by atoms with Gasteiger partial charge in [-0.1, -0.05) is 176 Å². The summed E-state index contributed by atoms with van der Waals surface area (Å²) in [6, 6.07) is 74.4. The van der Waals surface area contributed by atoms with Gasteiger partial charge in [0.25, 0.3) is 0 Å². The maximum Gasteiger partial charge on any atom is 0.238 e. The third-order valence-corrected chi connectivity index (χ3v) is 12.4. The highest BCUT2D eigenvalue weighted by atomic mass is 16.3. The molecule has 0 bridgehead atoms. The molecule has 13 aromatic rings. The van der Waals surface area contributed by atoms with Crippen LogP contribution in [-0.2, 0) is 0 Å². The molecule has 13 rings (SSSR count). The lowest BCUT2D eigenvalue weighted by Gasteiger charge is -2.14. The van der Waals surface area contributed by atoms with Crippen LogP contribution in [0.2, 0.25) is 0 Å². The molecular weight excluding hydrogens is 771 g/mol. The first-order valence-corrected chi connectivity index (χ1v) is 21.2. The molecule has 6 heteroatoms. The van der Waals surface area contributed by atoms with Gasteiger partial charge < -0.3 is 8.98 Å². The van der Waals surface area contributed by atoms with Crippen molar-refractivity contribution in [2.24, 2.45) is 0 Å². The fourth-order valence-corrected chi connectivity index (χ4v) is 9.52. The molecule has 9 aromatic carbocycles. The molecule has 63 heavy (non-hydrogen) atoms. The monoisotopic (exact) mass is 805 g/mol. The molecule has 0 aliphatic rings. The van der Waals surface area contributed by atoms with Crippen LogP contribution in [0.15, 0.2) is 217 Å². The number of furan rings is 1. The molecule has 0 aliphatic carbocycles. The summed E-state index contributed by atoms with van der Waals surface area (Å²) >= 11 is 0. The highest BCUT2D eigenvalue weighted by molar-refractivity contribution is 6.23. The Morgan fingerprint density at radius 2 is 0.873 bits per heavy atom. The third kappa shape index (κ3) is 5.55. The van der Waals surface area contributed by atoms with E-state index in [1.165, 1.54) is 10.9 Å². The molecule has 0 aliphatic heterocycles. The van der Waals surface area contributed by atoms with Crippen molar-refractivity contribution in [3.05, 3.63) is 212 Å². The summed E-state index contributed by atoms with van der Waals surface area (Å²) in [6.07, 6.45) is 0. The highest BCUT2D eigenvalue weighted by Gasteiger charge is 2.24. The van der Waals surface area contributed by atoms with Crippen molar-refractivity contribution >= 4 is 65.6 Å². The van der Waals surface area contributed by atoms with Gasteiger partial charge in [0.2, 0.25) is 5.95 Å². The molecule has 4 aromatic heterocycles. The SMILES string of the molecule is c1ccc(-c2cccc(-n3c4ccccc4c4ccc5c6ccccc6n(-c6nc(-c7ccccc7)nc(-c7ccc8c(c7)oc7c(-c9ccccc9)cccc78)n6)c5c43)c2)cc1. The Morgan fingerprint density at radius 3 is 1.59 bits per heavy atom. The number of aromatic nitrogens is 5. The number of rotatable bonds is 6. The van der Waals surface area contributed by atoms with Crippen LogP contribution < -0.4 is 0 Å². The maximum absolute atomic E-state index is 6.72. The molecule has 0 N–H and O–H groups in total. The van der Waals surface area contributed by atoms with E-state index >= 15 is 0 Å². The van der Waals surface area contributed by atoms with E-state index in [1.807, 2.05) is 24.3 Å². The van der Waals surface area contributed by atoms with Crippen LogP contribution in [0.1, 0.15) is 0 Å². The lowest BCUT2D eigenvalue weighted by molar-refractivity contribution is 0.670. The lowest BCUT2D eigenvalue weighted by Crippen LogP contribution is -2.07. The number of fused-ring (bicyclic) bond motifs is 10. The summed E-state index contributed by atoms with van der Waals surface area (Å²) in [7, 11) is 0. The topological polar surface area (TPSA) is 61.7 Å². The Bertz CT molecular complexity index is 3900. The molecule has 0 radical (unpaired) electrons. The Hall–Kier alpha value is -8.61. The minimum absolute atomic E-state index is 0.531. The van der Waals surface area contributed by atoms with Crippen molar-refractivity contribution in [2.45, 2.75) is 0 Å². The lowest BCUT2D eigenvalue weighted by atomic mass is 10.0. The van der Waals surface area contributed by atoms with E-state index in [2.05, 4.69) is 197 Å². The molecule has 0 saturated heterocycles. The molecule has 0 spiro atoms. The van der Waals surface area contributed by atoms with Gasteiger partial charge in [-0.15, -0.1) is 0 Å². The normalized spacial score (nSPS) is 11.8. The largest absolute Gasteiger partial charge is 0.455 e. The van der Waals surface area contributed by atoms with Gasteiger partial charge in [0, 0.05) is 54.7 Å². The molecule has 0 saturated carbocycles. The standard InChI is InChI=1S/C57H35N5O/c1-4-16-36(17-5-1)39-22-14-23-41(34-39)61-49-28-12-10-24-43(49)46-32-33-47-44-25-11-13-29-50(44)62(53(47)52(46)61)57-59-55(38-20-8-3-9-21-38)58-56(60-57)40-30-31-45-48-27-15-26-42(37-18-6-2-7-19-37)54(48)63-51(45)35-40/h1-35H. The van der Waals surface area contributed by atoms with Crippen LogP contribution in [0.4, 0.5) is 0 Å². The first-order chi connectivity index (χ1) is 31.2. The van der Waals surface area contributed by atoms with Gasteiger partial charge in [-0.3, -0.25) is 4.57 Å². The van der Waals surface area contributed by atoms with Crippen molar-refractivity contribution in [1.82, 2.24) is 24.1 Å². The summed E-state index contributed by atoms with van der Waals surface area (Å²) in [6.45, 7) is 0. The second-order valence-corrected chi connectivity index (χ2v) is 16.0. The van der Waals surface area contributed by atoms with Gasteiger partial charge in [-0.05, 0) is 53.1 Å². The molecular formula is C57H35N5O. The molecule has 0 atom stereocenters. The van der Waals surface area contributed by atoms with E-state index in [0.717, 1.165) is 93.7 Å². The predicted octanol–water partition coefficient (Wildman–Crippen LogP) is 14.6. The number of para-hydroxylation sites is 3. The van der Waals surface area contributed by atoms with Crippen molar-refractivity contribution in [2.75, 3.05) is 0 Å². The summed E-state index contributed by atoms with van der Waals surface area (Å²) in [5.74, 6) is 1.67. The van der Waals surface area contributed by atoms with Gasteiger partial charge >= 0.3 is 0 Å². The molecule has 4 heterocycles. The van der Waals surface area contributed by atoms with Crippen LogP contribution in [0, 0.1) is 0 Å². The van der Waals surface area contributed by atoms with Gasteiger partial charge in [-0.2, -0.15) is 9.97 Å². The Labute approximate surface area is 361 Å². The van der Waals surface area contributed by atoms with Crippen molar-refractivity contribution in [1.29, 1.82) is 0 Å². The van der Waals surface area contributed by atoms with Crippen molar-refractivity contribution in [3.8, 4) is 56.7 Å². The van der Waals surface area contributed by atoms with Crippen LogP contribution in [-0.4, -0.2) is 24.1 Å². The molecule has 6 nitrogen and oxygen atoms in total. The van der Waals surface area contributed by atoms with Crippen molar-refractivity contribution in [3.63, 3.8) is 0 Å². The van der Waals surface area contributed by atoms with Gasteiger partial charge in [-0.25, -0.2) is 4.98 Å². The molecule has 0 fully saturated rings. The second kappa shape index (κ2) is 14.0. The third-order valence-electron chi connectivity index (χ3n) is 12.4. The van der Waals surface area contributed by atoms with Crippen LogP contribution in [0.5, 0.6) is 0 Å². The van der Waals surface area contributed by atoms with Crippen molar-refractivity contribution < 1.29 is 4.42 Å². The Kier molecular flexibility index (Phi) is 7.80. The maximum atomic E-state index is 6.72. The summed E-state index contributed by atoms with van der Waals surface area (Å²) in [5.41, 5.74) is 13.2. The zero-order valence-electron chi connectivity index (χ0n) is 33.9. The van der Waals surface area contributed by atoms with Crippen LogP contribution in [0.3, 0.4) is 0 Å². The molecule has 0 amide bonds. The van der Waals surface area contributed by atoms with E-state index in [4.69, 9.17) is 19.4 Å². The van der Waals surface area contributed by atoms with Crippen LogP contribution >= 0.6 is 0 Å². The molecule has 0 unspecified atom stereocenters. The zero-order chi connectivity index (χ0) is 41.4. The fraction of sp³-hybridized carbons (Fsp3) is 0. The number of hydrogen-bond donors (Lipinski definition) is 0. The number of nitrogens with zero attached hydrogens (tertiary/aromatic N) is 5.